The van der Waals surface area contributed by atoms with Crippen LogP contribution in [-0.2, 0) is 27.2 Å². The maximum absolute atomic E-state index is 12.6. The Balaban J connectivity index is 0.000000188. The molecule has 244 valence electrons. The maximum Gasteiger partial charge on any atom is 0.310 e. The molecule has 3 N–H and O–H groups in total. The topological polar surface area (TPSA) is 148 Å². The number of rotatable bonds is 9. The zero-order valence-corrected chi connectivity index (χ0v) is 26.7. The molecule has 10 nitrogen and oxygen atoms in total. The minimum absolute atomic E-state index is 0.0828. The monoisotopic (exact) mass is 646 g/mol. The Hall–Kier alpha value is -6.16. The zero-order valence-electron chi connectivity index (χ0n) is 26.7. The van der Waals surface area contributed by atoms with Gasteiger partial charge < -0.3 is 29.3 Å². The van der Waals surface area contributed by atoms with Crippen LogP contribution < -0.4 is 20.6 Å². The lowest BCUT2D eigenvalue weighted by Crippen LogP contribution is -2.19. The van der Waals surface area contributed by atoms with E-state index in [0.717, 1.165) is 27.5 Å². The SMILES string of the molecule is CCOC(=O)Cc1c(-c2ccccc2)c2cc(OC)ccc2[nH]c1=O.COc1ccc2[nH]c(=O)c(CC(=O)O)c(-c3ccccc3)c2c1. The molecule has 0 unspecified atom stereocenters. The highest BCUT2D eigenvalue weighted by molar-refractivity contribution is 5.99. The molecule has 2 heterocycles. The van der Waals surface area contributed by atoms with Crippen LogP contribution in [0.1, 0.15) is 18.1 Å². The predicted molar refractivity (Wildman–Crippen MR) is 185 cm³/mol. The van der Waals surface area contributed by atoms with Gasteiger partial charge in [0.15, 0.2) is 0 Å². The van der Waals surface area contributed by atoms with E-state index < -0.39 is 11.9 Å². The number of benzene rings is 4. The van der Waals surface area contributed by atoms with Crippen LogP contribution in [0.5, 0.6) is 11.5 Å². The molecule has 0 aliphatic heterocycles. The Morgan fingerprint density at radius 3 is 1.48 bits per heavy atom. The zero-order chi connectivity index (χ0) is 34.2. The maximum atomic E-state index is 12.6. The van der Waals surface area contributed by atoms with Crippen LogP contribution >= 0.6 is 0 Å². The van der Waals surface area contributed by atoms with Crippen molar-refractivity contribution in [3.63, 3.8) is 0 Å². The summed E-state index contributed by atoms with van der Waals surface area (Å²) in [6.07, 6.45) is -0.423. The highest BCUT2D eigenvalue weighted by Crippen LogP contribution is 2.33. The molecule has 4 aromatic carbocycles. The Kier molecular flexibility index (Phi) is 10.3. The van der Waals surface area contributed by atoms with E-state index in [1.165, 1.54) is 0 Å². The second kappa shape index (κ2) is 15.0. The molecular weight excluding hydrogens is 612 g/mol. The summed E-state index contributed by atoms with van der Waals surface area (Å²) >= 11 is 0. The van der Waals surface area contributed by atoms with Crippen LogP contribution in [-0.4, -0.2) is 47.8 Å². The van der Waals surface area contributed by atoms with E-state index in [0.29, 0.717) is 33.7 Å². The number of esters is 1. The van der Waals surface area contributed by atoms with E-state index in [1.807, 2.05) is 66.7 Å². The molecule has 6 aromatic rings. The number of carboxylic acid groups (broad SMARTS) is 1. The minimum atomic E-state index is -1.05. The van der Waals surface area contributed by atoms with Crippen LogP contribution in [0, 0.1) is 0 Å². The fourth-order valence-corrected chi connectivity index (χ4v) is 5.59. The highest BCUT2D eigenvalue weighted by Gasteiger charge is 2.19. The van der Waals surface area contributed by atoms with Crippen molar-refractivity contribution in [1.82, 2.24) is 9.97 Å². The molecule has 0 saturated carbocycles. The summed E-state index contributed by atoms with van der Waals surface area (Å²) in [5.41, 5.74) is 4.32. The second-order valence-corrected chi connectivity index (χ2v) is 10.7. The van der Waals surface area contributed by atoms with Crippen LogP contribution in [0.2, 0.25) is 0 Å². The van der Waals surface area contributed by atoms with Crippen molar-refractivity contribution in [2.24, 2.45) is 0 Å². The summed E-state index contributed by atoms with van der Waals surface area (Å²) in [6.45, 7) is 2.02. The number of ether oxygens (including phenoxy) is 3. The van der Waals surface area contributed by atoms with Crippen molar-refractivity contribution in [2.75, 3.05) is 20.8 Å². The first-order valence-corrected chi connectivity index (χ1v) is 15.2. The third-order valence-electron chi connectivity index (χ3n) is 7.72. The number of carboxylic acids is 1. The van der Waals surface area contributed by atoms with Crippen molar-refractivity contribution in [2.45, 2.75) is 19.8 Å². The van der Waals surface area contributed by atoms with Crippen molar-refractivity contribution in [3.8, 4) is 33.8 Å². The predicted octanol–water partition coefficient (Wildman–Crippen LogP) is 6.14. The van der Waals surface area contributed by atoms with Gasteiger partial charge in [-0.15, -0.1) is 0 Å². The van der Waals surface area contributed by atoms with Gasteiger partial charge in [-0.2, -0.15) is 0 Å². The summed E-state index contributed by atoms with van der Waals surface area (Å²) < 4.78 is 15.6. The number of hydrogen-bond donors (Lipinski definition) is 3. The van der Waals surface area contributed by atoms with Crippen molar-refractivity contribution in [1.29, 1.82) is 0 Å². The number of pyridine rings is 2. The molecule has 10 heteroatoms. The smallest absolute Gasteiger partial charge is 0.310 e. The van der Waals surface area contributed by atoms with Gasteiger partial charge >= 0.3 is 11.9 Å². The highest BCUT2D eigenvalue weighted by atomic mass is 16.5. The number of aromatic nitrogens is 2. The first-order valence-electron chi connectivity index (χ1n) is 15.2. The number of carbonyl (C=O) groups excluding carboxylic acids is 1. The molecule has 6 rings (SSSR count). The van der Waals surface area contributed by atoms with Crippen LogP contribution in [0.15, 0.2) is 107 Å². The van der Waals surface area contributed by atoms with Crippen molar-refractivity contribution in [3.05, 3.63) is 129 Å². The third kappa shape index (κ3) is 7.28. The lowest BCUT2D eigenvalue weighted by atomic mass is 9.94. The van der Waals surface area contributed by atoms with Gasteiger partial charge in [0.1, 0.15) is 11.5 Å². The summed E-state index contributed by atoms with van der Waals surface area (Å²) in [5.74, 6) is -0.149. The Morgan fingerprint density at radius 2 is 1.08 bits per heavy atom. The van der Waals surface area contributed by atoms with E-state index >= 15 is 0 Å². The van der Waals surface area contributed by atoms with Gasteiger partial charge in [0.25, 0.3) is 11.1 Å². The van der Waals surface area contributed by atoms with Gasteiger partial charge in [0.05, 0.1) is 33.7 Å². The number of aromatic amines is 2. The Labute approximate surface area is 275 Å². The number of nitrogens with one attached hydrogen (secondary N) is 2. The van der Waals surface area contributed by atoms with E-state index in [9.17, 15) is 19.2 Å². The number of fused-ring (bicyclic) bond motifs is 2. The summed E-state index contributed by atoms with van der Waals surface area (Å²) in [6, 6.07) is 29.6. The minimum Gasteiger partial charge on any atom is -0.497 e. The number of aliphatic carboxylic acids is 1. The number of hydrogen-bond acceptors (Lipinski definition) is 7. The molecule has 0 aliphatic carbocycles. The molecule has 0 fully saturated rings. The Morgan fingerprint density at radius 1 is 0.646 bits per heavy atom. The van der Waals surface area contributed by atoms with Crippen LogP contribution in [0.4, 0.5) is 0 Å². The van der Waals surface area contributed by atoms with E-state index in [-0.39, 0.29) is 36.1 Å². The summed E-state index contributed by atoms with van der Waals surface area (Å²) in [7, 11) is 3.15. The lowest BCUT2D eigenvalue weighted by molar-refractivity contribution is -0.142. The molecule has 0 radical (unpaired) electrons. The number of methoxy groups -OCH3 is 2. The quantitative estimate of drug-likeness (QED) is 0.159. The molecule has 0 bridgehead atoms. The van der Waals surface area contributed by atoms with E-state index in [4.69, 9.17) is 19.3 Å². The van der Waals surface area contributed by atoms with Crippen molar-refractivity contribution < 1.29 is 28.9 Å². The van der Waals surface area contributed by atoms with Gasteiger partial charge in [0, 0.05) is 44.1 Å². The van der Waals surface area contributed by atoms with Gasteiger partial charge in [0.2, 0.25) is 0 Å². The summed E-state index contributed by atoms with van der Waals surface area (Å²) in [4.78, 5) is 53.8. The van der Waals surface area contributed by atoms with Gasteiger partial charge in [-0.05, 0) is 54.4 Å². The molecule has 0 spiro atoms. The van der Waals surface area contributed by atoms with Gasteiger partial charge in [-0.1, -0.05) is 60.7 Å². The largest absolute Gasteiger partial charge is 0.497 e. The third-order valence-corrected chi connectivity index (χ3v) is 7.72. The Bertz CT molecular complexity index is 2210. The average Bonchev–Trinajstić information content (AvgIpc) is 3.09. The summed E-state index contributed by atoms with van der Waals surface area (Å²) in [5, 5.41) is 10.7. The molecule has 0 amide bonds. The molecular formula is C38H34N2O8. The van der Waals surface area contributed by atoms with Gasteiger partial charge in [-0.3, -0.25) is 19.2 Å². The fourth-order valence-electron chi connectivity index (χ4n) is 5.59. The first-order chi connectivity index (χ1) is 23.2. The number of H-pyrrole nitrogens is 2. The second-order valence-electron chi connectivity index (χ2n) is 10.7. The lowest BCUT2D eigenvalue weighted by Gasteiger charge is -2.13. The molecule has 0 saturated heterocycles. The van der Waals surface area contributed by atoms with Gasteiger partial charge in [-0.25, -0.2) is 0 Å². The first kappa shape index (κ1) is 33.2. The van der Waals surface area contributed by atoms with E-state index in [1.54, 1.807) is 51.5 Å². The molecule has 0 atom stereocenters. The normalized spacial score (nSPS) is 10.6. The standard InChI is InChI=1S/C20H19NO4.C18H15NO4/c1-3-25-18(22)12-16-19(13-7-5-4-6-8-13)15-11-14(24-2)9-10-17(15)21-20(16)23;1-23-12-7-8-15-13(9-12)17(11-5-3-2-4-6-11)14(10-16(20)21)18(22)19-15/h4-11H,3,12H2,1-2H3,(H,21,23);2-9H,10H2,1H3,(H,19,22)(H,20,21). The van der Waals surface area contributed by atoms with E-state index in [2.05, 4.69) is 9.97 Å². The van der Waals surface area contributed by atoms with Crippen molar-refractivity contribution >= 4 is 33.7 Å². The molecule has 48 heavy (non-hydrogen) atoms. The van der Waals surface area contributed by atoms with Crippen LogP contribution in [0.3, 0.4) is 0 Å². The average molecular weight is 647 g/mol. The van der Waals surface area contributed by atoms with Crippen LogP contribution in [0.25, 0.3) is 44.1 Å². The fraction of sp³-hybridized carbons (Fsp3) is 0.158. The molecule has 0 aliphatic rings. The molecule has 2 aromatic heterocycles. The number of carbonyl (C=O) groups is 2.